The minimum Gasteiger partial charge on any atom is -0.496 e. The number of hydrogen-bond acceptors (Lipinski definition) is 5. The molecule has 2 aromatic rings. The molecule has 2 amide bonds. The van der Waals surface area contributed by atoms with Crippen LogP contribution in [0.15, 0.2) is 47.4 Å². The van der Waals surface area contributed by atoms with Gasteiger partial charge in [-0.1, -0.05) is 24.3 Å². The van der Waals surface area contributed by atoms with Gasteiger partial charge in [0, 0.05) is 17.7 Å². The average Bonchev–Trinajstić information content (AvgIpc) is 2.59. The van der Waals surface area contributed by atoms with Crippen LogP contribution in [0.2, 0.25) is 0 Å². The summed E-state index contributed by atoms with van der Waals surface area (Å²) in [5.74, 6) is 12.9. The Bertz CT molecular complexity index is 721. The molecule has 0 spiro atoms. The normalized spacial score (nSPS) is 10.4. The summed E-state index contributed by atoms with van der Waals surface area (Å²) in [5, 5.41) is 2.03. The molecule has 7 heteroatoms. The first-order valence-electron chi connectivity index (χ1n) is 7.37. The number of urea groups is 1. The summed E-state index contributed by atoms with van der Waals surface area (Å²) in [6.45, 7) is 1.99. The summed E-state index contributed by atoms with van der Waals surface area (Å²) in [6.07, 6.45) is 0. The van der Waals surface area contributed by atoms with Gasteiger partial charge in [-0.25, -0.2) is 21.5 Å². The van der Waals surface area contributed by atoms with Gasteiger partial charge in [0.05, 0.1) is 12.8 Å². The van der Waals surface area contributed by atoms with E-state index in [1.54, 1.807) is 18.9 Å². The topological polar surface area (TPSA) is 84.8 Å². The van der Waals surface area contributed by atoms with Crippen LogP contribution in [0.25, 0.3) is 0 Å². The van der Waals surface area contributed by atoms with Gasteiger partial charge in [0.2, 0.25) is 0 Å². The molecule has 0 heterocycles. The predicted octanol–water partition coefficient (Wildman–Crippen LogP) is 2.90. The number of thioether (sulfide) groups is 1. The van der Waals surface area contributed by atoms with E-state index in [-0.39, 0.29) is 0 Å². The lowest BCUT2D eigenvalue weighted by Crippen LogP contribution is -2.49. The fourth-order valence-corrected chi connectivity index (χ4v) is 3.41. The molecule has 2 rings (SSSR count). The molecule has 6 nitrogen and oxygen atoms in total. The van der Waals surface area contributed by atoms with Crippen molar-refractivity contribution in [2.75, 3.05) is 19.2 Å². The van der Waals surface area contributed by atoms with Crippen molar-refractivity contribution in [3.63, 3.8) is 0 Å². The zero-order chi connectivity index (χ0) is 17.7. The van der Waals surface area contributed by atoms with Crippen molar-refractivity contribution in [3.05, 3.63) is 53.6 Å². The monoisotopic (exact) mass is 346 g/mol. The number of para-hydroxylation sites is 1. The molecule has 24 heavy (non-hydrogen) atoms. The SMILES string of the molecule is COc1ccccc1SCc1c(C)cccc1N(N)C(=O)N(C)N. The van der Waals surface area contributed by atoms with Gasteiger partial charge in [0.25, 0.3) is 0 Å². The van der Waals surface area contributed by atoms with Crippen molar-refractivity contribution in [2.45, 2.75) is 17.6 Å². The zero-order valence-corrected chi connectivity index (χ0v) is 14.8. The minimum atomic E-state index is -0.482. The van der Waals surface area contributed by atoms with Gasteiger partial charge < -0.3 is 4.74 Å². The molecular formula is C17H22N4O2S. The van der Waals surface area contributed by atoms with Gasteiger partial charge in [-0.3, -0.25) is 5.01 Å². The molecular weight excluding hydrogens is 324 g/mol. The quantitative estimate of drug-likeness (QED) is 0.376. The van der Waals surface area contributed by atoms with Crippen LogP contribution in [0.1, 0.15) is 11.1 Å². The summed E-state index contributed by atoms with van der Waals surface area (Å²) in [5.41, 5.74) is 2.67. The van der Waals surface area contributed by atoms with Gasteiger partial charge in [0.15, 0.2) is 0 Å². The van der Waals surface area contributed by atoms with Crippen molar-refractivity contribution in [3.8, 4) is 5.75 Å². The van der Waals surface area contributed by atoms with E-state index in [9.17, 15) is 4.79 Å². The number of carbonyl (C=O) groups is 1. The van der Waals surface area contributed by atoms with E-state index < -0.39 is 6.03 Å². The van der Waals surface area contributed by atoms with Crippen LogP contribution in [0, 0.1) is 6.92 Å². The van der Waals surface area contributed by atoms with Gasteiger partial charge >= 0.3 is 6.03 Å². The van der Waals surface area contributed by atoms with Gasteiger partial charge in [-0.05, 0) is 36.2 Å². The maximum absolute atomic E-state index is 12.1. The standard InChI is InChI=1S/C17H22N4O2S/c1-12-7-6-8-14(21(19)17(22)20(2)18)13(12)11-24-16-10-5-4-9-15(16)23-3/h4-10H,11,18-19H2,1-3H3. The largest absolute Gasteiger partial charge is 0.496 e. The van der Waals surface area contributed by atoms with E-state index in [0.29, 0.717) is 11.4 Å². The molecule has 4 N–H and O–H groups in total. The maximum atomic E-state index is 12.1. The van der Waals surface area contributed by atoms with Crippen molar-refractivity contribution in [1.82, 2.24) is 5.01 Å². The number of aryl methyl sites for hydroxylation is 1. The molecule has 0 fully saturated rings. The molecule has 0 aliphatic rings. The molecule has 0 aromatic heterocycles. The lowest BCUT2D eigenvalue weighted by atomic mass is 10.1. The van der Waals surface area contributed by atoms with Gasteiger partial charge in [-0.15, -0.1) is 11.8 Å². The van der Waals surface area contributed by atoms with Crippen molar-refractivity contribution in [2.24, 2.45) is 11.7 Å². The number of amides is 2. The third-order valence-electron chi connectivity index (χ3n) is 3.59. The first kappa shape index (κ1) is 18.1. The second kappa shape index (κ2) is 8.05. The zero-order valence-electron chi connectivity index (χ0n) is 14.0. The number of nitrogens with two attached hydrogens (primary N) is 2. The Morgan fingerprint density at radius 1 is 1.17 bits per heavy atom. The molecule has 0 saturated heterocycles. The van der Waals surface area contributed by atoms with E-state index in [0.717, 1.165) is 31.8 Å². The highest BCUT2D eigenvalue weighted by atomic mass is 32.2. The summed E-state index contributed by atoms with van der Waals surface area (Å²) in [6, 6.07) is 13.0. The van der Waals surface area contributed by atoms with Crippen LogP contribution < -0.4 is 21.4 Å². The van der Waals surface area contributed by atoms with Crippen LogP contribution in [0.4, 0.5) is 10.5 Å². The summed E-state index contributed by atoms with van der Waals surface area (Å²) >= 11 is 1.63. The van der Waals surface area contributed by atoms with Crippen LogP contribution in [0.5, 0.6) is 5.75 Å². The van der Waals surface area contributed by atoms with Crippen molar-refractivity contribution < 1.29 is 9.53 Å². The molecule has 128 valence electrons. The molecule has 2 aromatic carbocycles. The Labute approximate surface area is 146 Å². The van der Waals surface area contributed by atoms with E-state index in [1.807, 2.05) is 49.4 Å². The molecule has 0 saturated carbocycles. The number of hydrogen-bond donors (Lipinski definition) is 2. The van der Waals surface area contributed by atoms with Crippen molar-refractivity contribution in [1.29, 1.82) is 0 Å². The maximum Gasteiger partial charge on any atom is 0.352 e. The first-order valence-corrected chi connectivity index (χ1v) is 8.35. The third-order valence-corrected chi connectivity index (χ3v) is 4.68. The summed E-state index contributed by atoms with van der Waals surface area (Å²) in [4.78, 5) is 13.1. The number of benzene rings is 2. The van der Waals surface area contributed by atoms with Gasteiger partial charge in [0.1, 0.15) is 5.75 Å². The number of anilines is 1. The Balaban J connectivity index is 2.28. The smallest absolute Gasteiger partial charge is 0.352 e. The highest BCUT2D eigenvalue weighted by Gasteiger charge is 2.19. The van der Waals surface area contributed by atoms with Crippen molar-refractivity contribution >= 4 is 23.5 Å². The second-order valence-corrected chi connectivity index (χ2v) is 6.29. The predicted molar refractivity (Wildman–Crippen MR) is 97.7 cm³/mol. The van der Waals surface area contributed by atoms with Gasteiger partial charge in [-0.2, -0.15) is 0 Å². The fraction of sp³-hybridized carbons (Fsp3) is 0.235. The number of ether oxygens (including phenoxy) is 1. The highest BCUT2D eigenvalue weighted by Crippen LogP contribution is 2.34. The van der Waals surface area contributed by atoms with E-state index in [4.69, 9.17) is 16.4 Å². The van der Waals surface area contributed by atoms with Crippen LogP contribution >= 0.6 is 11.8 Å². The number of methoxy groups -OCH3 is 1. The highest BCUT2D eigenvalue weighted by molar-refractivity contribution is 7.98. The number of carbonyl (C=O) groups excluding carboxylic acids is 1. The Morgan fingerprint density at radius 3 is 2.54 bits per heavy atom. The number of nitrogens with zero attached hydrogens (tertiary/aromatic N) is 2. The second-order valence-electron chi connectivity index (χ2n) is 5.28. The van der Waals surface area contributed by atoms with E-state index in [1.165, 1.54) is 7.05 Å². The average molecular weight is 346 g/mol. The Morgan fingerprint density at radius 2 is 1.88 bits per heavy atom. The number of rotatable bonds is 5. The summed E-state index contributed by atoms with van der Waals surface area (Å²) < 4.78 is 5.38. The van der Waals surface area contributed by atoms with Crippen LogP contribution in [-0.2, 0) is 5.75 Å². The lowest BCUT2D eigenvalue weighted by molar-refractivity contribution is 0.216. The Kier molecular flexibility index (Phi) is 6.08. The summed E-state index contributed by atoms with van der Waals surface area (Å²) in [7, 11) is 3.11. The third kappa shape index (κ3) is 4.00. The number of hydrazine groups is 2. The molecule has 0 atom stereocenters. The van der Waals surface area contributed by atoms with E-state index in [2.05, 4.69) is 0 Å². The molecule has 0 aliphatic heterocycles. The molecule has 0 aliphatic carbocycles. The first-order chi connectivity index (χ1) is 11.5. The van der Waals surface area contributed by atoms with E-state index >= 15 is 0 Å². The lowest BCUT2D eigenvalue weighted by Gasteiger charge is -2.24. The fourth-order valence-electron chi connectivity index (χ4n) is 2.26. The van der Waals surface area contributed by atoms with Crippen LogP contribution in [0.3, 0.4) is 0 Å². The Hall–Kier alpha value is -2.22. The molecule has 0 bridgehead atoms. The molecule has 0 unspecified atom stereocenters. The minimum absolute atomic E-state index is 0.482. The van der Waals surface area contributed by atoms with Crippen LogP contribution in [-0.4, -0.2) is 25.2 Å². The molecule has 0 radical (unpaired) electrons.